The summed E-state index contributed by atoms with van der Waals surface area (Å²) in [4.78, 5) is 6.01. The van der Waals surface area contributed by atoms with Gasteiger partial charge in [-0.2, -0.15) is 0 Å². The van der Waals surface area contributed by atoms with Gasteiger partial charge in [0, 0.05) is 33.6 Å². The highest BCUT2D eigenvalue weighted by Crippen LogP contribution is 2.58. The van der Waals surface area contributed by atoms with Crippen LogP contribution in [0.3, 0.4) is 0 Å². The van der Waals surface area contributed by atoms with Crippen molar-refractivity contribution < 1.29 is 4.39 Å². The number of rotatable bonds is 2. The van der Waals surface area contributed by atoms with Gasteiger partial charge in [0.15, 0.2) is 0 Å². The van der Waals surface area contributed by atoms with Crippen LogP contribution in [0.4, 0.5) is 4.39 Å². The minimum Gasteiger partial charge on any atom is -0.356 e. The van der Waals surface area contributed by atoms with Crippen LogP contribution >= 0.6 is 11.6 Å². The average molecular weight is 383 g/mol. The molecule has 1 spiro atoms. The predicted molar refractivity (Wildman–Crippen MR) is 109 cm³/mol. The highest BCUT2D eigenvalue weighted by Gasteiger charge is 2.53. The highest BCUT2D eigenvalue weighted by molar-refractivity contribution is 6.31. The van der Waals surface area contributed by atoms with Crippen molar-refractivity contribution in [2.45, 2.75) is 37.6 Å². The van der Waals surface area contributed by atoms with Gasteiger partial charge in [0.1, 0.15) is 5.82 Å². The van der Waals surface area contributed by atoms with Crippen molar-refractivity contribution >= 4 is 22.5 Å². The van der Waals surface area contributed by atoms with Crippen LogP contribution in [0.2, 0.25) is 0 Å². The van der Waals surface area contributed by atoms with E-state index in [-0.39, 0.29) is 17.3 Å². The Kier molecular flexibility index (Phi) is 3.89. The molecule has 0 saturated heterocycles. The number of hydrogen-bond acceptors (Lipinski definition) is 1. The van der Waals surface area contributed by atoms with Crippen LogP contribution in [0.1, 0.15) is 43.5 Å². The van der Waals surface area contributed by atoms with Crippen molar-refractivity contribution in [1.29, 1.82) is 0 Å². The van der Waals surface area contributed by atoms with E-state index in [0.29, 0.717) is 5.92 Å². The number of hydrogen-bond donors (Lipinski definition) is 1. The fraction of sp³-hybridized carbons (Fsp3) is 0.391. The Bertz CT molecular complexity index is 1010. The molecule has 2 heterocycles. The first-order chi connectivity index (χ1) is 13.0. The third kappa shape index (κ3) is 2.63. The molecule has 2 nitrogen and oxygen atoms in total. The zero-order chi connectivity index (χ0) is 18.8. The van der Waals surface area contributed by atoms with Crippen molar-refractivity contribution in [2.24, 2.45) is 5.92 Å². The molecular formula is C23H24ClFN2. The molecule has 0 bridgehead atoms. The van der Waals surface area contributed by atoms with Crippen LogP contribution < -0.4 is 0 Å². The SMILES string of the molecule is CCC1C=C(Cl)C=CC(C2c3[nH]c4cccc(F)c4c3C3(CC3)CN2C)=C1. The zero-order valence-corrected chi connectivity index (χ0v) is 16.5. The van der Waals surface area contributed by atoms with Gasteiger partial charge < -0.3 is 4.98 Å². The summed E-state index contributed by atoms with van der Waals surface area (Å²) in [6, 6.07) is 5.47. The molecule has 2 atom stereocenters. The third-order valence-electron chi connectivity index (χ3n) is 6.45. The van der Waals surface area contributed by atoms with Gasteiger partial charge in [-0.1, -0.05) is 42.8 Å². The van der Waals surface area contributed by atoms with E-state index in [1.54, 1.807) is 12.1 Å². The van der Waals surface area contributed by atoms with Gasteiger partial charge in [-0.15, -0.1) is 0 Å². The Morgan fingerprint density at radius 1 is 1.26 bits per heavy atom. The first-order valence-electron chi connectivity index (χ1n) is 9.80. The lowest BCUT2D eigenvalue weighted by Gasteiger charge is -2.38. The van der Waals surface area contributed by atoms with Crippen LogP contribution in [0.15, 0.2) is 53.1 Å². The van der Waals surface area contributed by atoms with Gasteiger partial charge in [0.25, 0.3) is 0 Å². The van der Waals surface area contributed by atoms with Crippen molar-refractivity contribution in [3.8, 4) is 0 Å². The molecule has 1 aromatic heterocycles. The fourth-order valence-corrected chi connectivity index (χ4v) is 5.26. The number of halogens is 2. The third-order valence-corrected chi connectivity index (χ3v) is 6.71. The van der Waals surface area contributed by atoms with E-state index >= 15 is 0 Å². The first-order valence-corrected chi connectivity index (χ1v) is 10.2. The van der Waals surface area contributed by atoms with E-state index in [4.69, 9.17) is 11.6 Å². The van der Waals surface area contributed by atoms with Crippen molar-refractivity contribution in [2.75, 3.05) is 13.6 Å². The first kappa shape index (κ1) is 17.3. The van der Waals surface area contributed by atoms with Gasteiger partial charge in [0.05, 0.1) is 6.04 Å². The number of nitrogens with zero attached hydrogens (tertiary/aromatic N) is 1. The number of fused-ring (bicyclic) bond motifs is 4. The lowest BCUT2D eigenvalue weighted by atomic mass is 9.82. The molecule has 4 heteroatoms. The monoisotopic (exact) mass is 382 g/mol. The molecular weight excluding hydrogens is 359 g/mol. The number of allylic oxidation sites excluding steroid dienone is 4. The van der Waals surface area contributed by atoms with Gasteiger partial charge in [-0.25, -0.2) is 4.39 Å². The maximum Gasteiger partial charge on any atom is 0.132 e. The van der Waals surface area contributed by atoms with E-state index in [0.717, 1.165) is 47.4 Å². The van der Waals surface area contributed by atoms with Crippen LogP contribution in [0.25, 0.3) is 10.9 Å². The molecule has 0 amide bonds. The average Bonchev–Trinajstić information content (AvgIpc) is 3.32. The van der Waals surface area contributed by atoms with E-state index in [2.05, 4.69) is 42.1 Å². The molecule has 140 valence electrons. The molecule has 1 aliphatic heterocycles. The van der Waals surface area contributed by atoms with Crippen LogP contribution in [-0.4, -0.2) is 23.5 Å². The summed E-state index contributed by atoms with van der Waals surface area (Å²) in [7, 11) is 2.19. The summed E-state index contributed by atoms with van der Waals surface area (Å²) < 4.78 is 14.8. The Labute approximate surface area is 164 Å². The lowest BCUT2D eigenvalue weighted by Crippen LogP contribution is -2.39. The van der Waals surface area contributed by atoms with Gasteiger partial charge >= 0.3 is 0 Å². The van der Waals surface area contributed by atoms with Crippen LogP contribution in [0.5, 0.6) is 0 Å². The fourth-order valence-electron chi connectivity index (χ4n) is 5.03. The van der Waals surface area contributed by atoms with Gasteiger partial charge in [-0.05, 0) is 61.6 Å². The van der Waals surface area contributed by atoms with Crippen molar-refractivity contribution in [1.82, 2.24) is 9.88 Å². The molecule has 5 rings (SSSR count). The number of benzene rings is 1. The number of H-pyrrole nitrogens is 1. The molecule has 2 aliphatic carbocycles. The van der Waals surface area contributed by atoms with Gasteiger partial charge in [0.2, 0.25) is 0 Å². The Balaban J connectivity index is 1.72. The molecule has 0 radical (unpaired) electrons. The van der Waals surface area contributed by atoms with E-state index < -0.39 is 0 Å². The molecule has 27 heavy (non-hydrogen) atoms. The van der Waals surface area contributed by atoms with Crippen LogP contribution in [-0.2, 0) is 5.41 Å². The molecule has 1 saturated carbocycles. The Morgan fingerprint density at radius 2 is 2.07 bits per heavy atom. The Hall–Kier alpha value is -1.84. The maximum atomic E-state index is 14.8. The second kappa shape index (κ2) is 6.08. The zero-order valence-electron chi connectivity index (χ0n) is 15.7. The summed E-state index contributed by atoms with van der Waals surface area (Å²) in [5.41, 5.74) is 4.62. The van der Waals surface area contributed by atoms with Crippen molar-refractivity contribution in [3.63, 3.8) is 0 Å². The quantitative estimate of drug-likeness (QED) is 0.677. The van der Waals surface area contributed by atoms with Crippen molar-refractivity contribution in [3.05, 3.63) is 70.2 Å². The number of nitrogens with one attached hydrogen (secondary N) is 1. The standard InChI is InChI=1S/C23H24ClFN2/c1-3-14-11-15(7-8-16(24)12-14)22-21-20(23(9-10-23)13-27(22)2)19-17(25)5-4-6-18(19)26-21/h4-8,11-12,14,22,26H,3,9-10,13H2,1-2H3. The molecule has 1 fully saturated rings. The number of aromatic amines is 1. The molecule has 1 aromatic carbocycles. The molecule has 2 aromatic rings. The second-order valence-electron chi connectivity index (χ2n) is 8.30. The normalized spacial score (nSPS) is 26.7. The lowest BCUT2D eigenvalue weighted by molar-refractivity contribution is 0.226. The van der Waals surface area contributed by atoms with Crippen LogP contribution in [0, 0.1) is 11.7 Å². The summed E-state index contributed by atoms with van der Waals surface area (Å²) in [5.74, 6) is 0.207. The minimum atomic E-state index is -0.110. The smallest absolute Gasteiger partial charge is 0.132 e. The highest BCUT2D eigenvalue weighted by atomic mass is 35.5. The summed E-state index contributed by atoms with van der Waals surface area (Å²) in [6.07, 6.45) is 11.8. The minimum absolute atomic E-state index is 0.0966. The molecule has 2 unspecified atom stereocenters. The van der Waals surface area contributed by atoms with Gasteiger partial charge in [-0.3, -0.25) is 4.90 Å². The number of aromatic nitrogens is 1. The largest absolute Gasteiger partial charge is 0.356 e. The maximum absolute atomic E-state index is 14.8. The summed E-state index contributed by atoms with van der Waals surface area (Å²) in [5, 5.41) is 1.58. The second-order valence-corrected chi connectivity index (χ2v) is 8.73. The Morgan fingerprint density at radius 3 is 2.81 bits per heavy atom. The number of likely N-dealkylation sites (N-methyl/N-ethyl adjacent to an activating group) is 1. The molecule has 1 N–H and O–H groups in total. The van der Waals surface area contributed by atoms with E-state index in [1.807, 2.05) is 12.1 Å². The van der Waals surface area contributed by atoms with E-state index in [9.17, 15) is 4.39 Å². The summed E-state index contributed by atoms with van der Waals surface area (Å²) in [6.45, 7) is 3.15. The summed E-state index contributed by atoms with van der Waals surface area (Å²) >= 11 is 6.35. The topological polar surface area (TPSA) is 19.0 Å². The predicted octanol–water partition coefficient (Wildman–Crippen LogP) is 5.97. The van der Waals surface area contributed by atoms with E-state index in [1.165, 1.54) is 11.1 Å². The molecule has 3 aliphatic rings.